The lowest BCUT2D eigenvalue weighted by Crippen LogP contribution is -2.40. The van der Waals surface area contributed by atoms with Crippen molar-refractivity contribution in [1.82, 2.24) is 10.3 Å². The number of piperidine rings is 1. The molecule has 0 atom stereocenters. The van der Waals surface area contributed by atoms with E-state index >= 15 is 0 Å². The van der Waals surface area contributed by atoms with E-state index in [1.54, 1.807) is 0 Å². The zero-order valence-corrected chi connectivity index (χ0v) is 9.35. The lowest BCUT2D eigenvalue weighted by atomic mass is 9.88. The summed E-state index contributed by atoms with van der Waals surface area (Å²) >= 11 is 0. The summed E-state index contributed by atoms with van der Waals surface area (Å²) in [5.41, 5.74) is 2.39. The van der Waals surface area contributed by atoms with Crippen LogP contribution >= 0.6 is 12.4 Å². The van der Waals surface area contributed by atoms with Gasteiger partial charge in [0.05, 0.1) is 12.3 Å². The summed E-state index contributed by atoms with van der Waals surface area (Å²) in [4.78, 5) is 4.48. The molecule has 0 bridgehead atoms. The van der Waals surface area contributed by atoms with Gasteiger partial charge < -0.3 is 10.1 Å². The third-order valence-electron chi connectivity index (χ3n) is 3.24. The molecule has 1 aromatic heterocycles. The summed E-state index contributed by atoms with van der Waals surface area (Å²) in [6.45, 7) is 2.81. The summed E-state index contributed by atoms with van der Waals surface area (Å²) in [5, 5.41) is 3.36. The van der Waals surface area contributed by atoms with Crippen molar-refractivity contribution in [3.63, 3.8) is 0 Å². The fraction of sp³-hybridized carbons (Fsp3) is 0.545. The highest BCUT2D eigenvalue weighted by Crippen LogP contribution is 2.41. The Morgan fingerprint density at radius 2 is 2.13 bits per heavy atom. The van der Waals surface area contributed by atoms with Gasteiger partial charge >= 0.3 is 0 Å². The van der Waals surface area contributed by atoms with E-state index in [2.05, 4.69) is 16.4 Å². The molecule has 0 unspecified atom stereocenters. The van der Waals surface area contributed by atoms with Gasteiger partial charge in [0.25, 0.3) is 0 Å². The van der Waals surface area contributed by atoms with Gasteiger partial charge in [-0.1, -0.05) is 6.07 Å². The SMILES string of the molecule is Cl.c1cnc2c(c1)COC21CCNCC1. The molecule has 3 rings (SSSR count). The first kappa shape index (κ1) is 10.9. The summed E-state index contributed by atoms with van der Waals surface area (Å²) in [7, 11) is 0. The van der Waals surface area contributed by atoms with E-state index < -0.39 is 0 Å². The van der Waals surface area contributed by atoms with Crippen molar-refractivity contribution in [3.8, 4) is 0 Å². The Bertz CT molecular complexity index is 345. The van der Waals surface area contributed by atoms with Gasteiger partial charge in [-0.25, -0.2) is 0 Å². The second-order valence-corrected chi connectivity index (χ2v) is 4.04. The molecule has 1 fully saturated rings. The van der Waals surface area contributed by atoms with Crippen molar-refractivity contribution in [3.05, 3.63) is 29.6 Å². The molecule has 1 aromatic rings. The molecule has 0 radical (unpaired) electrons. The second-order valence-electron chi connectivity index (χ2n) is 4.04. The third-order valence-corrected chi connectivity index (χ3v) is 3.24. The summed E-state index contributed by atoms with van der Waals surface area (Å²) in [5.74, 6) is 0. The Hall–Kier alpha value is -0.640. The van der Waals surface area contributed by atoms with Crippen molar-refractivity contribution in [2.24, 2.45) is 0 Å². The Morgan fingerprint density at radius 3 is 2.93 bits per heavy atom. The molecular formula is C11H15ClN2O. The summed E-state index contributed by atoms with van der Waals surface area (Å²) < 4.78 is 5.95. The number of rotatable bonds is 0. The number of hydrogen-bond acceptors (Lipinski definition) is 3. The van der Waals surface area contributed by atoms with Gasteiger partial charge in [-0.15, -0.1) is 12.4 Å². The van der Waals surface area contributed by atoms with Gasteiger partial charge in [0.15, 0.2) is 0 Å². The highest BCUT2D eigenvalue weighted by atomic mass is 35.5. The second kappa shape index (κ2) is 4.08. The van der Waals surface area contributed by atoms with Gasteiger partial charge in [0.1, 0.15) is 5.60 Å². The highest BCUT2D eigenvalue weighted by Gasteiger charge is 2.41. The van der Waals surface area contributed by atoms with Crippen LogP contribution in [-0.2, 0) is 16.9 Å². The number of ether oxygens (including phenoxy) is 1. The largest absolute Gasteiger partial charge is 0.364 e. The van der Waals surface area contributed by atoms with Crippen LogP contribution < -0.4 is 5.32 Å². The average Bonchev–Trinajstić information content (AvgIpc) is 2.60. The molecule has 2 aliphatic rings. The Morgan fingerprint density at radius 1 is 1.33 bits per heavy atom. The van der Waals surface area contributed by atoms with Crippen LogP contribution in [0.2, 0.25) is 0 Å². The maximum Gasteiger partial charge on any atom is 0.113 e. The number of nitrogens with zero attached hydrogens (tertiary/aromatic N) is 1. The molecule has 1 N–H and O–H groups in total. The predicted octanol–water partition coefficient (Wildman–Crippen LogP) is 1.61. The zero-order chi connectivity index (χ0) is 9.43. The minimum atomic E-state index is -0.0676. The van der Waals surface area contributed by atoms with Crippen LogP contribution in [0.1, 0.15) is 24.1 Å². The smallest absolute Gasteiger partial charge is 0.113 e. The van der Waals surface area contributed by atoms with E-state index in [0.717, 1.165) is 32.5 Å². The van der Waals surface area contributed by atoms with Crippen molar-refractivity contribution >= 4 is 12.4 Å². The number of halogens is 1. The van der Waals surface area contributed by atoms with Crippen LogP contribution in [0.5, 0.6) is 0 Å². The molecule has 4 heteroatoms. The normalized spacial score (nSPS) is 22.1. The molecule has 0 amide bonds. The van der Waals surface area contributed by atoms with Crippen LogP contribution in [-0.4, -0.2) is 18.1 Å². The molecule has 0 aliphatic carbocycles. The van der Waals surface area contributed by atoms with E-state index in [4.69, 9.17) is 4.74 Å². The van der Waals surface area contributed by atoms with Gasteiger partial charge in [-0.3, -0.25) is 4.98 Å². The zero-order valence-electron chi connectivity index (χ0n) is 8.53. The predicted molar refractivity (Wildman–Crippen MR) is 60.1 cm³/mol. The van der Waals surface area contributed by atoms with E-state index in [9.17, 15) is 0 Å². The average molecular weight is 227 g/mol. The summed E-state index contributed by atoms with van der Waals surface area (Å²) in [6, 6.07) is 4.11. The maximum absolute atomic E-state index is 5.95. The Kier molecular flexibility index (Phi) is 2.96. The number of pyridine rings is 1. The van der Waals surface area contributed by atoms with Gasteiger partial charge in [0.2, 0.25) is 0 Å². The number of nitrogens with one attached hydrogen (secondary N) is 1. The van der Waals surface area contributed by atoms with Crippen molar-refractivity contribution in [2.75, 3.05) is 13.1 Å². The lowest BCUT2D eigenvalue weighted by molar-refractivity contribution is -0.0611. The van der Waals surface area contributed by atoms with Gasteiger partial charge in [-0.05, 0) is 32.0 Å². The Balaban J connectivity index is 0.000000853. The molecule has 2 aliphatic heterocycles. The molecular weight excluding hydrogens is 212 g/mol. The molecule has 3 heterocycles. The van der Waals surface area contributed by atoms with Crippen molar-refractivity contribution in [2.45, 2.75) is 25.0 Å². The maximum atomic E-state index is 5.95. The molecule has 3 nitrogen and oxygen atoms in total. The third kappa shape index (κ3) is 1.65. The number of hydrogen-bond donors (Lipinski definition) is 1. The Labute approximate surface area is 95.6 Å². The molecule has 0 aromatic carbocycles. The molecule has 1 saturated heterocycles. The van der Waals surface area contributed by atoms with Crippen LogP contribution in [0.3, 0.4) is 0 Å². The van der Waals surface area contributed by atoms with Crippen LogP contribution in [0.4, 0.5) is 0 Å². The van der Waals surface area contributed by atoms with Crippen molar-refractivity contribution < 1.29 is 4.74 Å². The minimum Gasteiger partial charge on any atom is -0.364 e. The molecule has 15 heavy (non-hydrogen) atoms. The van der Waals surface area contributed by atoms with Crippen LogP contribution in [0.15, 0.2) is 18.3 Å². The monoisotopic (exact) mass is 226 g/mol. The van der Waals surface area contributed by atoms with Crippen LogP contribution in [0, 0.1) is 0 Å². The molecule has 1 spiro atoms. The minimum absolute atomic E-state index is 0. The quantitative estimate of drug-likeness (QED) is 0.730. The molecule has 82 valence electrons. The van der Waals surface area contributed by atoms with E-state index in [-0.39, 0.29) is 18.0 Å². The number of fused-ring (bicyclic) bond motifs is 2. The van der Waals surface area contributed by atoms with E-state index in [1.165, 1.54) is 11.3 Å². The summed E-state index contributed by atoms with van der Waals surface area (Å²) in [6.07, 6.45) is 3.98. The fourth-order valence-electron chi connectivity index (χ4n) is 2.46. The lowest BCUT2D eigenvalue weighted by Gasteiger charge is -2.32. The van der Waals surface area contributed by atoms with E-state index in [1.807, 2.05) is 12.3 Å². The first-order valence-electron chi connectivity index (χ1n) is 5.20. The van der Waals surface area contributed by atoms with Crippen LogP contribution in [0.25, 0.3) is 0 Å². The number of aromatic nitrogens is 1. The standard InChI is InChI=1S/C11H14N2O.ClH/c1-2-9-8-14-11(10(9)13-5-1)3-6-12-7-4-11;/h1-2,5,12H,3-4,6-8H2;1H. The first-order chi connectivity index (χ1) is 6.91. The highest BCUT2D eigenvalue weighted by molar-refractivity contribution is 5.85. The van der Waals surface area contributed by atoms with E-state index in [0.29, 0.717) is 0 Å². The van der Waals surface area contributed by atoms with Gasteiger partial charge in [-0.2, -0.15) is 0 Å². The van der Waals surface area contributed by atoms with Gasteiger partial charge in [0, 0.05) is 11.8 Å². The first-order valence-corrected chi connectivity index (χ1v) is 5.20. The fourth-order valence-corrected chi connectivity index (χ4v) is 2.46. The topological polar surface area (TPSA) is 34.1 Å². The molecule has 0 saturated carbocycles. The van der Waals surface area contributed by atoms with Crippen molar-refractivity contribution in [1.29, 1.82) is 0 Å².